The van der Waals surface area contributed by atoms with E-state index in [-0.39, 0.29) is 17.3 Å². The van der Waals surface area contributed by atoms with Crippen LogP contribution in [-0.2, 0) is 6.42 Å². The first kappa shape index (κ1) is 12.9. The van der Waals surface area contributed by atoms with Crippen LogP contribution in [0.3, 0.4) is 0 Å². The van der Waals surface area contributed by atoms with Crippen molar-refractivity contribution in [2.45, 2.75) is 12.8 Å². The summed E-state index contributed by atoms with van der Waals surface area (Å²) in [5, 5.41) is 12.2. The minimum absolute atomic E-state index is 0.0803. The highest BCUT2D eigenvalue weighted by atomic mass is 16.3. The van der Waals surface area contributed by atoms with Crippen LogP contribution in [0.5, 0.6) is 5.75 Å². The Morgan fingerprint density at radius 1 is 1.47 bits per heavy atom. The molecule has 0 spiro atoms. The summed E-state index contributed by atoms with van der Waals surface area (Å²) in [4.78, 5) is 18.9. The lowest BCUT2D eigenvalue weighted by Gasteiger charge is -2.06. The van der Waals surface area contributed by atoms with Crippen LogP contribution >= 0.6 is 0 Å². The molecule has 0 aliphatic heterocycles. The Bertz CT molecular complexity index is 552. The first-order chi connectivity index (χ1) is 9.16. The van der Waals surface area contributed by atoms with Crippen molar-refractivity contribution in [3.63, 3.8) is 0 Å². The number of anilines is 1. The zero-order valence-electron chi connectivity index (χ0n) is 10.4. The molecule has 19 heavy (non-hydrogen) atoms. The quantitative estimate of drug-likeness (QED) is 0.366. The van der Waals surface area contributed by atoms with Crippen LogP contribution in [-0.4, -0.2) is 27.5 Å². The van der Waals surface area contributed by atoms with Crippen molar-refractivity contribution < 1.29 is 9.90 Å². The molecular formula is C13H16N4O2. The van der Waals surface area contributed by atoms with Crippen LogP contribution in [0.2, 0.25) is 0 Å². The van der Waals surface area contributed by atoms with Gasteiger partial charge in [0.1, 0.15) is 11.6 Å². The number of nitrogens with zero attached hydrogens (tertiary/aromatic N) is 1. The van der Waals surface area contributed by atoms with Gasteiger partial charge in [0.2, 0.25) is 0 Å². The Hall–Kier alpha value is -2.50. The maximum atomic E-state index is 11.8. The summed E-state index contributed by atoms with van der Waals surface area (Å²) in [6.07, 6.45) is 5.04. The highest BCUT2D eigenvalue weighted by molar-refractivity contribution is 5.95. The van der Waals surface area contributed by atoms with E-state index in [9.17, 15) is 9.90 Å². The van der Waals surface area contributed by atoms with Gasteiger partial charge in [0.05, 0.1) is 5.69 Å². The van der Waals surface area contributed by atoms with Gasteiger partial charge in [-0.25, -0.2) is 4.98 Å². The van der Waals surface area contributed by atoms with Crippen LogP contribution in [0.4, 0.5) is 5.69 Å². The number of rotatable bonds is 5. The van der Waals surface area contributed by atoms with Gasteiger partial charge in [-0.05, 0) is 24.6 Å². The van der Waals surface area contributed by atoms with E-state index >= 15 is 0 Å². The molecule has 1 heterocycles. The fraction of sp³-hybridized carbons (Fsp3) is 0.231. The first-order valence-corrected chi connectivity index (χ1v) is 6.02. The molecule has 100 valence electrons. The van der Waals surface area contributed by atoms with E-state index in [0.29, 0.717) is 12.1 Å². The van der Waals surface area contributed by atoms with E-state index in [2.05, 4.69) is 15.3 Å². The number of nitrogens with one attached hydrogen (secondary N) is 2. The number of phenols is 1. The summed E-state index contributed by atoms with van der Waals surface area (Å²) in [5.41, 5.74) is 6.12. The van der Waals surface area contributed by atoms with Crippen LogP contribution in [0.15, 0.2) is 30.6 Å². The number of hydrogen-bond acceptors (Lipinski definition) is 4. The van der Waals surface area contributed by atoms with Crippen molar-refractivity contribution in [1.82, 2.24) is 15.3 Å². The van der Waals surface area contributed by atoms with Crippen molar-refractivity contribution in [1.29, 1.82) is 0 Å². The molecule has 6 heteroatoms. The van der Waals surface area contributed by atoms with E-state index in [1.165, 1.54) is 12.1 Å². The fourth-order valence-corrected chi connectivity index (χ4v) is 1.68. The molecule has 1 aromatic heterocycles. The number of phenolic OH excluding ortho intramolecular Hbond substituents is 1. The molecular weight excluding hydrogens is 244 g/mol. The average Bonchev–Trinajstić information content (AvgIpc) is 2.91. The van der Waals surface area contributed by atoms with Gasteiger partial charge < -0.3 is 21.1 Å². The number of hydrogen-bond donors (Lipinski definition) is 4. The van der Waals surface area contributed by atoms with Gasteiger partial charge in [-0.2, -0.15) is 0 Å². The van der Waals surface area contributed by atoms with E-state index in [0.717, 1.165) is 18.7 Å². The summed E-state index contributed by atoms with van der Waals surface area (Å²) in [6, 6.07) is 4.45. The number of nitrogens with two attached hydrogens (primary N) is 1. The number of amides is 1. The van der Waals surface area contributed by atoms with E-state index in [1.807, 2.05) is 0 Å². The molecule has 0 unspecified atom stereocenters. The predicted molar refractivity (Wildman–Crippen MR) is 71.8 cm³/mol. The monoisotopic (exact) mass is 260 g/mol. The zero-order valence-corrected chi connectivity index (χ0v) is 10.4. The molecule has 2 rings (SSSR count). The molecule has 0 saturated carbocycles. The predicted octanol–water partition coefficient (Wildman–Crippen LogP) is 1.06. The lowest BCUT2D eigenvalue weighted by molar-refractivity contribution is 0.0953. The van der Waals surface area contributed by atoms with Gasteiger partial charge in [-0.15, -0.1) is 0 Å². The normalized spacial score (nSPS) is 10.3. The molecule has 0 aliphatic rings. The maximum absolute atomic E-state index is 11.8. The standard InChI is InChI=1S/C13H16N4O2/c14-10-4-3-9(8-11(10)18)13(19)17-5-1-2-12-15-6-7-16-12/h3-4,6-8,18H,1-2,5,14H2,(H,15,16)(H,17,19). The lowest BCUT2D eigenvalue weighted by Crippen LogP contribution is -2.24. The number of H-pyrrole nitrogens is 1. The molecule has 0 bridgehead atoms. The number of imidazole rings is 1. The van der Waals surface area contributed by atoms with Crippen LogP contribution < -0.4 is 11.1 Å². The number of benzene rings is 1. The third-order valence-electron chi connectivity index (χ3n) is 2.72. The largest absolute Gasteiger partial charge is 0.506 e. The summed E-state index contributed by atoms with van der Waals surface area (Å²) in [5.74, 6) is 0.595. The van der Waals surface area contributed by atoms with Crippen LogP contribution in [0.1, 0.15) is 22.6 Å². The number of aromatic hydroxyl groups is 1. The summed E-state index contributed by atoms with van der Waals surface area (Å²) >= 11 is 0. The van der Waals surface area contributed by atoms with Crippen molar-refractivity contribution in [2.75, 3.05) is 12.3 Å². The molecule has 0 radical (unpaired) electrons. The Morgan fingerprint density at radius 2 is 2.32 bits per heavy atom. The summed E-state index contributed by atoms with van der Waals surface area (Å²) < 4.78 is 0. The van der Waals surface area contributed by atoms with Crippen molar-refractivity contribution in [3.05, 3.63) is 42.0 Å². The molecule has 0 fully saturated rings. The Balaban J connectivity index is 1.79. The zero-order chi connectivity index (χ0) is 13.7. The van der Waals surface area contributed by atoms with Gasteiger partial charge in [-0.1, -0.05) is 0 Å². The number of aromatic amines is 1. The Morgan fingerprint density at radius 3 is 3.00 bits per heavy atom. The molecule has 1 amide bonds. The highest BCUT2D eigenvalue weighted by Gasteiger charge is 2.07. The number of nitrogen functional groups attached to an aromatic ring is 1. The van der Waals surface area contributed by atoms with E-state index < -0.39 is 0 Å². The lowest BCUT2D eigenvalue weighted by atomic mass is 10.1. The van der Waals surface area contributed by atoms with E-state index in [1.54, 1.807) is 18.5 Å². The highest BCUT2D eigenvalue weighted by Crippen LogP contribution is 2.20. The topological polar surface area (TPSA) is 104 Å². The van der Waals surface area contributed by atoms with Crippen LogP contribution in [0, 0.1) is 0 Å². The number of carbonyl (C=O) groups is 1. The third kappa shape index (κ3) is 3.48. The van der Waals surface area contributed by atoms with Gasteiger partial charge in [0, 0.05) is 30.9 Å². The number of aromatic nitrogens is 2. The molecule has 0 atom stereocenters. The molecule has 6 nitrogen and oxygen atoms in total. The van der Waals surface area contributed by atoms with Gasteiger partial charge in [0.15, 0.2) is 0 Å². The maximum Gasteiger partial charge on any atom is 0.251 e. The summed E-state index contributed by atoms with van der Waals surface area (Å²) in [7, 11) is 0. The van der Waals surface area contributed by atoms with Gasteiger partial charge in [-0.3, -0.25) is 4.79 Å². The van der Waals surface area contributed by atoms with Crippen molar-refractivity contribution >= 4 is 11.6 Å². The Kier molecular flexibility index (Phi) is 4.02. The first-order valence-electron chi connectivity index (χ1n) is 6.02. The minimum Gasteiger partial charge on any atom is -0.506 e. The SMILES string of the molecule is Nc1ccc(C(=O)NCCCc2ncc[nH]2)cc1O. The minimum atomic E-state index is -0.227. The van der Waals surface area contributed by atoms with E-state index in [4.69, 9.17) is 5.73 Å². The number of carbonyl (C=O) groups excluding carboxylic acids is 1. The molecule has 0 aliphatic carbocycles. The Labute approximate surface area is 110 Å². The van der Waals surface area contributed by atoms with Crippen LogP contribution in [0.25, 0.3) is 0 Å². The molecule has 5 N–H and O–H groups in total. The number of aryl methyl sites for hydroxylation is 1. The third-order valence-corrected chi connectivity index (χ3v) is 2.72. The van der Waals surface area contributed by atoms with Gasteiger partial charge >= 0.3 is 0 Å². The van der Waals surface area contributed by atoms with Crippen molar-refractivity contribution in [3.8, 4) is 5.75 Å². The molecule has 0 saturated heterocycles. The second-order valence-corrected chi connectivity index (χ2v) is 4.17. The molecule has 2 aromatic rings. The second kappa shape index (κ2) is 5.90. The average molecular weight is 260 g/mol. The smallest absolute Gasteiger partial charge is 0.251 e. The summed E-state index contributed by atoms with van der Waals surface area (Å²) in [6.45, 7) is 0.546. The van der Waals surface area contributed by atoms with Crippen molar-refractivity contribution in [2.24, 2.45) is 0 Å². The van der Waals surface area contributed by atoms with Gasteiger partial charge in [0.25, 0.3) is 5.91 Å². The molecule has 1 aromatic carbocycles. The second-order valence-electron chi connectivity index (χ2n) is 4.17. The fourth-order valence-electron chi connectivity index (χ4n) is 1.68.